The van der Waals surface area contributed by atoms with E-state index in [1.807, 2.05) is 0 Å². The smallest absolute Gasteiger partial charge is 0.225 e. The number of carbonyl (C=O) groups is 1. The number of nitrogens with zero attached hydrogens (tertiary/aromatic N) is 2. The monoisotopic (exact) mass is 300 g/mol. The summed E-state index contributed by atoms with van der Waals surface area (Å²) in [6, 6.07) is 9.01. The quantitative estimate of drug-likeness (QED) is 0.856. The molecule has 0 N–H and O–H groups in total. The number of hydrogen-bond donors (Lipinski definition) is 0. The predicted octanol–water partition coefficient (Wildman–Crippen LogP) is 3.04. The maximum Gasteiger partial charge on any atom is 0.225 e. The van der Waals surface area contributed by atoms with Crippen LogP contribution in [0.3, 0.4) is 0 Å². The molecule has 3 nitrogen and oxygen atoms in total. The van der Waals surface area contributed by atoms with Gasteiger partial charge in [0.2, 0.25) is 5.91 Å². The summed E-state index contributed by atoms with van der Waals surface area (Å²) in [7, 11) is 0. The normalized spacial score (nSPS) is 20.2. The Morgan fingerprint density at radius 1 is 1.05 bits per heavy atom. The number of hydrogen-bond acceptors (Lipinski definition) is 2. The van der Waals surface area contributed by atoms with Crippen molar-refractivity contribution in [2.24, 2.45) is 5.92 Å². The minimum absolute atomic E-state index is 0.216. The molecule has 0 spiro atoms. The van der Waals surface area contributed by atoms with Crippen LogP contribution in [0, 0.1) is 5.92 Å². The molecule has 0 unspecified atom stereocenters. The second kappa shape index (κ2) is 6.04. The Bertz CT molecular complexity index is 517. The van der Waals surface area contributed by atoms with Gasteiger partial charge >= 0.3 is 0 Å². The molecule has 1 amide bonds. The van der Waals surface area contributed by atoms with Gasteiger partial charge in [0.15, 0.2) is 0 Å². The Kier molecular flexibility index (Phi) is 4.26. The van der Waals surface area contributed by atoms with Gasteiger partial charge < -0.3 is 4.90 Å². The van der Waals surface area contributed by atoms with E-state index in [2.05, 4.69) is 54.8 Å². The van der Waals surface area contributed by atoms with Gasteiger partial charge in [-0.25, -0.2) is 0 Å². The Labute approximate surface area is 134 Å². The Morgan fingerprint density at radius 3 is 2.14 bits per heavy atom. The average molecular weight is 300 g/mol. The van der Waals surface area contributed by atoms with Crippen LogP contribution in [0.2, 0.25) is 0 Å². The van der Waals surface area contributed by atoms with E-state index in [9.17, 15) is 4.79 Å². The molecule has 1 heterocycles. The molecule has 3 heteroatoms. The predicted molar refractivity (Wildman–Crippen MR) is 89.7 cm³/mol. The van der Waals surface area contributed by atoms with Crippen LogP contribution in [0.5, 0.6) is 0 Å². The molecule has 0 radical (unpaired) electrons. The summed E-state index contributed by atoms with van der Waals surface area (Å²) in [5.41, 5.74) is 2.97. The van der Waals surface area contributed by atoms with E-state index in [1.165, 1.54) is 11.1 Å². The van der Waals surface area contributed by atoms with E-state index < -0.39 is 0 Å². The molecule has 1 aromatic rings. The third-order valence-corrected chi connectivity index (χ3v) is 4.84. The molecule has 0 bridgehead atoms. The molecule has 0 atom stereocenters. The van der Waals surface area contributed by atoms with E-state index in [1.54, 1.807) is 0 Å². The summed E-state index contributed by atoms with van der Waals surface area (Å²) in [4.78, 5) is 16.6. The highest BCUT2D eigenvalue weighted by Crippen LogP contribution is 2.31. The highest BCUT2D eigenvalue weighted by Gasteiger charge is 2.34. The first kappa shape index (κ1) is 15.5. The van der Waals surface area contributed by atoms with Crippen molar-refractivity contribution in [1.29, 1.82) is 0 Å². The summed E-state index contributed by atoms with van der Waals surface area (Å²) in [5.74, 6) is 0.755. The Morgan fingerprint density at radius 2 is 1.64 bits per heavy atom. The van der Waals surface area contributed by atoms with E-state index >= 15 is 0 Å². The average Bonchev–Trinajstić information content (AvgIpc) is 3.32. The van der Waals surface area contributed by atoms with Crippen LogP contribution in [-0.2, 0) is 16.8 Å². The zero-order valence-corrected chi connectivity index (χ0v) is 14.1. The minimum atomic E-state index is 0.216. The molecular formula is C19H28N2O. The molecule has 1 aliphatic heterocycles. The lowest BCUT2D eigenvalue weighted by Gasteiger charge is -2.35. The number of benzene rings is 1. The number of piperazine rings is 1. The summed E-state index contributed by atoms with van der Waals surface area (Å²) in [6.45, 7) is 11.5. The molecule has 3 rings (SSSR count). The van der Waals surface area contributed by atoms with Crippen LogP contribution in [-0.4, -0.2) is 41.9 Å². The zero-order chi connectivity index (χ0) is 15.7. The van der Waals surface area contributed by atoms with Crippen molar-refractivity contribution in [2.75, 3.05) is 26.2 Å². The van der Waals surface area contributed by atoms with Crippen molar-refractivity contribution in [3.05, 3.63) is 35.4 Å². The Balaban J connectivity index is 1.51. The van der Waals surface area contributed by atoms with Crippen LogP contribution in [0.15, 0.2) is 24.3 Å². The van der Waals surface area contributed by atoms with Gasteiger partial charge in [0.25, 0.3) is 0 Å². The third kappa shape index (κ3) is 3.70. The molecule has 0 aromatic heterocycles. The van der Waals surface area contributed by atoms with Gasteiger partial charge in [0.05, 0.1) is 0 Å². The van der Waals surface area contributed by atoms with E-state index in [0.29, 0.717) is 11.8 Å². The zero-order valence-electron chi connectivity index (χ0n) is 14.1. The maximum atomic E-state index is 12.1. The first-order chi connectivity index (χ1) is 10.4. The van der Waals surface area contributed by atoms with Crippen molar-refractivity contribution in [1.82, 2.24) is 9.80 Å². The number of amides is 1. The number of rotatable bonds is 3. The van der Waals surface area contributed by atoms with Crippen LogP contribution in [0.25, 0.3) is 0 Å². The molecule has 120 valence electrons. The molecule has 1 aliphatic carbocycles. The number of carbonyl (C=O) groups excluding carboxylic acids is 1. The van der Waals surface area contributed by atoms with Gasteiger partial charge in [-0.05, 0) is 29.4 Å². The molecule has 2 fully saturated rings. The SMILES string of the molecule is CC(C)(C)c1ccc(CN2CCN(C(=O)C3CC3)CC2)cc1. The molecular weight excluding hydrogens is 272 g/mol. The van der Waals surface area contributed by atoms with Crippen LogP contribution in [0.1, 0.15) is 44.7 Å². The molecule has 1 saturated carbocycles. The van der Waals surface area contributed by atoms with Crippen molar-refractivity contribution < 1.29 is 4.79 Å². The van der Waals surface area contributed by atoms with Crippen molar-refractivity contribution in [3.8, 4) is 0 Å². The molecule has 1 saturated heterocycles. The van der Waals surface area contributed by atoms with Crippen molar-refractivity contribution in [2.45, 2.75) is 45.6 Å². The molecule has 2 aliphatic rings. The highest BCUT2D eigenvalue weighted by atomic mass is 16.2. The first-order valence-corrected chi connectivity index (χ1v) is 8.54. The van der Waals surface area contributed by atoms with Crippen LogP contribution >= 0.6 is 0 Å². The van der Waals surface area contributed by atoms with E-state index in [4.69, 9.17) is 0 Å². The van der Waals surface area contributed by atoms with Crippen LogP contribution in [0.4, 0.5) is 0 Å². The first-order valence-electron chi connectivity index (χ1n) is 8.54. The summed E-state index contributed by atoms with van der Waals surface area (Å²) in [6.07, 6.45) is 2.22. The lowest BCUT2D eigenvalue weighted by Crippen LogP contribution is -2.48. The fraction of sp³-hybridized carbons (Fsp3) is 0.632. The summed E-state index contributed by atoms with van der Waals surface area (Å²) < 4.78 is 0. The minimum Gasteiger partial charge on any atom is -0.340 e. The van der Waals surface area contributed by atoms with Gasteiger partial charge in [-0.3, -0.25) is 9.69 Å². The topological polar surface area (TPSA) is 23.6 Å². The van der Waals surface area contributed by atoms with Crippen LogP contribution < -0.4 is 0 Å². The Hall–Kier alpha value is -1.35. The highest BCUT2D eigenvalue weighted by molar-refractivity contribution is 5.81. The van der Waals surface area contributed by atoms with Gasteiger partial charge in [0, 0.05) is 38.6 Å². The fourth-order valence-electron chi connectivity index (χ4n) is 3.08. The standard InChI is InChI=1S/C19H28N2O/c1-19(2,3)17-8-4-15(5-9-17)14-20-10-12-21(13-11-20)18(22)16-6-7-16/h4-5,8-9,16H,6-7,10-14H2,1-3H3. The third-order valence-electron chi connectivity index (χ3n) is 4.84. The van der Waals surface area contributed by atoms with Gasteiger partial charge in [-0.15, -0.1) is 0 Å². The largest absolute Gasteiger partial charge is 0.340 e. The lowest BCUT2D eigenvalue weighted by molar-refractivity contribution is -0.134. The fourth-order valence-corrected chi connectivity index (χ4v) is 3.08. The summed E-state index contributed by atoms with van der Waals surface area (Å²) >= 11 is 0. The van der Waals surface area contributed by atoms with E-state index in [-0.39, 0.29) is 5.41 Å². The summed E-state index contributed by atoms with van der Waals surface area (Å²) in [5, 5.41) is 0. The van der Waals surface area contributed by atoms with Crippen molar-refractivity contribution in [3.63, 3.8) is 0 Å². The second-order valence-electron chi connectivity index (χ2n) is 7.82. The van der Waals surface area contributed by atoms with Gasteiger partial charge in [-0.1, -0.05) is 45.0 Å². The molecule has 22 heavy (non-hydrogen) atoms. The lowest BCUT2D eigenvalue weighted by atomic mass is 9.87. The maximum absolute atomic E-state index is 12.1. The van der Waals surface area contributed by atoms with Gasteiger partial charge in [-0.2, -0.15) is 0 Å². The van der Waals surface area contributed by atoms with E-state index in [0.717, 1.165) is 45.6 Å². The second-order valence-corrected chi connectivity index (χ2v) is 7.82. The van der Waals surface area contributed by atoms with Gasteiger partial charge in [0.1, 0.15) is 0 Å². The van der Waals surface area contributed by atoms with Crippen molar-refractivity contribution >= 4 is 5.91 Å². The molecule has 1 aromatic carbocycles.